The van der Waals surface area contributed by atoms with Gasteiger partial charge in [0.1, 0.15) is 0 Å². The molecule has 2 rings (SSSR count). The van der Waals surface area contributed by atoms with Gasteiger partial charge in [0.05, 0.1) is 11.6 Å². The van der Waals surface area contributed by atoms with Gasteiger partial charge in [-0.15, -0.1) is 0 Å². The average molecular weight is 200 g/mol. The van der Waals surface area contributed by atoms with Crippen molar-refractivity contribution < 1.29 is 0 Å². The van der Waals surface area contributed by atoms with Crippen LogP contribution in [0, 0.1) is 11.3 Å². The van der Waals surface area contributed by atoms with Crippen LogP contribution in [0.3, 0.4) is 0 Å². The lowest BCUT2D eigenvalue weighted by molar-refractivity contribution is 0.559. The summed E-state index contributed by atoms with van der Waals surface area (Å²) >= 11 is 0. The Balaban J connectivity index is 1.85. The normalized spacial score (nSPS) is 20.1. The van der Waals surface area contributed by atoms with Crippen molar-refractivity contribution >= 4 is 0 Å². The van der Waals surface area contributed by atoms with Crippen molar-refractivity contribution in [1.29, 1.82) is 5.26 Å². The summed E-state index contributed by atoms with van der Waals surface area (Å²) in [5, 5.41) is 12.2. The Hall–Kier alpha value is -1.33. The number of hydrogen-bond donors (Lipinski definition) is 1. The molecule has 1 fully saturated rings. The van der Waals surface area contributed by atoms with Crippen molar-refractivity contribution in [3.63, 3.8) is 0 Å². The third-order valence-corrected chi connectivity index (χ3v) is 3.03. The maximum Gasteiger partial charge on any atom is 0.0991 e. The minimum absolute atomic E-state index is 0.709. The van der Waals surface area contributed by atoms with Gasteiger partial charge in [0.15, 0.2) is 0 Å². The third kappa shape index (κ3) is 2.81. The predicted molar refractivity (Wildman–Crippen MR) is 60.5 cm³/mol. The lowest BCUT2D eigenvalue weighted by Gasteiger charge is -2.09. The number of hydrogen-bond acceptors (Lipinski definition) is 2. The Morgan fingerprint density at radius 3 is 2.73 bits per heavy atom. The van der Waals surface area contributed by atoms with E-state index in [-0.39, 0.29) is 0 Å². The van der Waals surface area contributed by atoms with E-state index in [1.807, 2.05) is 12.1 Å². The van der Waals surface area contributed by atoms with Crippen molar-refractivity contribution in [3.8, 4) is 6.07 Å². The van der Waals surface area contributed by atoms with Crippen LogP contribution < -0.4 is 5.32 Å². The van der Waals surface area contributed by atoms with Crippen LogP contribution in [-0.2, 0) is 6.42 Å². The number of nitriles is 1. The van der Waals surface area contributed by atoms with Gasteiger partial charge in [-0.25, -0.2) is 0 Å². The summed E-state index contributed by atoms with van der Waals surface area (Å²) in [5.41, 5.74) is 2.08. The van der Waals surface area contributed by atoms with Gasteiger partial charge in [-0.1, -0.05) is 12.1 Å². The molecular weight excluding hydrogens is 184 g/mol. The number of nitrogens with one attached hydrogen (secondary N) is 1. The first-order chi connectivity index (χ1) is 7.38. The van der Waals surface area contributed by atoms with Crippen molar-refractivity contribution in [2.75, 3.05) is 6.54 Å². The van der Waals surface area contributed by atoms with Gasteiger partial charge in [0, 0.05) is 6.04 Å². The molecule has 1 aromatic carbocycles. The second-order valence-corrected chi connectivity index (χ2v) is 4.14. The summed E-state index contributed by atoms with van der Waals surface area (Å²) < 4.78 is 0. The van der Waals surface area contributed by atoms with Gasteiger partial charge in [-0.2, -0.15) is 5.26 Å². The SMILES string of the molecule is N#Cc1ccc(CCC2CCCN2)cc1. The highest BCUT2D eigenvalue weighted by Gasteiger charge is 2.13. The van der Waals surface area contributed by atoms with Crippen molar-refractivity contribution in [1.82, 2.24) is 5.32 Å². The highest BCUT2D eigenvalue weighted by Crippen LogP contribution is 2.13. The first kappa shape index (κ1) is 10.2. The Kier molecular flexibility index (Phi) is 3.37. The van der Waals surface area contributed by atoms with E-state index in [2.05, 4.69) is 23.5 Å². The van der Waals surface area contributed by atoms with E-state index >= 15 is 0 Å². The molecule has 1 aliphatic rings. The van der Waals surface area contributed by atoms with Crippen molar-refractivity contribution in [2.45, 2.75) is 31.7 Å². The quantitative estimate of drug-likeness (QED) is 0.812. The van der Waals surface area contributed by atoms with E-state index < -0.39 is 0 Å². The molecule has 0 aliphatic carbocycles. The van der Waals surface area contributed by atoms with Gasteiger partial charge in [0.2, 0.25) is 0 Å². The zero-order chi connectivity index (χ0) is 10.5. The van der Waals surface area contributed by atoms with Gasteiger partial charge in [-0.05, 0) is 49.9 Å². The second-order valence-electron chi connectivity index (χ2n) is 4.14. The lowest BCUT2D eigenvalue weighted by Crippen LogP contribution is -2.21. The standard InChI is InChI=1S/C13H16N2/c14-10-12-5-3-11(4-6-12)7-8-13-2-1-9-15-13/h3-6,13,15H,1-2,7-9H2. The van der Waals surface area contributed by atoms with Crippen LogP contribution in [0.1, 0.15) is 30.4 Å². The first-order valence-electron chi connectivity index (χ1n) is 5.61. The molecule has 1 atom stereocenters. The minimum Gasteiger partial charge on any atom is -0.314 e. The van der Waals surface area contributed by atoms with Crippen LogP contribution in [-0.4, -0.2) is 12.6 Å². The van der Waals surface area contributed by atoms with Gasteiger partial charge < -0.3 is 5.32 Å². The van der Waals surface area contributed by atoms with E-state index in [1.165, 1.54) is 31.4 Å². The Morgan fingerprint density at radius 1 is 1.33 bits per heavy atom. The van der Waals surface area contributed by atoms with Crippen LogP contribution in [0.5, 0.6) is 0 Å². The molecule has 1 aromatic rings. The number of rotatable bonds is 3. The fourth-order valence-corrected chi connectivity index (χ4v) is 2.09. The molecule has 1 aliphatic heterocycles. The molecule has 0 aromatic heterocycles. The summed E-state index contributed by atoms with van der Waals surface area (Å²) in [7, 11) is 0. The zero-order valence-corrected chi connectivity index (χ0v) is 8.87. The molecule has 1 unspecified atom stereocenters. The van der Waals surface area contributed by atoms with Gasteiger partial charge >= 0.3 is 0 Å². The monoisotopic (exact) mass is 200 g/mol. The summed E-state index contributed by atoms with van der Waals surface area (Å²) in [6.07, 6.45) is 4.96. The Morgan fingerprint density at radius 2 is 2.13 bits per heavy atom. The fraction of sp³-hybridized carbons (Fsp3) is 0.462. The van der Waals surface area contributed by atoms with E-state index in [4.69, 9.17) is 5.26 Å². The Labute approximate surface area is 90.9 Å². The van der Waals surface area contributed by atoms with Crippen LogP contribution in [0.15, 0.2) is 24.3 Å². The third-order valence-electron chi connectivity index (χ3n) is 3.03. The molecule has 0 amide bonds. The van der Waals surface area contributed by atoms with E-state index in [9.17, 15) is 0 Å². The average Bonchev–Trinajstić information content (AvgIpc) is 2.80. The van der Waals surface area contributed by atoms with Crippen LogP contribution >= 0.6 is 0 Å². The largest absolute Gasteiger partial charge is 0.314 e. The number of benzene rings is 1. The van der Waals surface area contributed by atoms with E-state index in [0.717, 1.165) is 12.0 Å². The maximum atomic E-state index is 8.67. The molecule has 0 bridgehead atoms. The van der Waals surface area contributed by atoms with Crippen molar-refractivity contribution in [3.05, 3.63) is 35.4 Å². The maximum absolute atomic E-state index is 8.67. The second kappa shape index (κ2) is 4.95. The lowest BCUT2D eigenvalue weighted by atomic mass is 10.0. The zero-order valence-electron chi connectivity index (χ0n) is 8.87. The fourth-order valence-electron chi connectivity index (χ4n) is 2.09. The molecule has 1 N–H and O–H groups in total. The molecule has 78 valence electrons. The van der Waals surface area contributed by atoms with Crippen LogP contribution in [0.2, 0.25) is 0 Å². The molecule has 2 heteroatoms. The molecule has 1 saturated heterocycles. The van der Waals surface area contributed by atoms with E-state index in [0.29, 0.717) is 6.04 Å². The topological polar surface area (TPSA) is 35.8 Å². The van der Waals surface area contributed by atoms with Gasteiger partial charge in [-0.3, -0.25) is 0 Å². The predicted octanol–water partition coefficient (Wildman–Crippen LogP) is 2.24. The molecule has 0 saturated carbocycles. The highest BCUT2D eigenvalue weighted by molar-refractivity contribution is 5.31. The van der Waals surface area contributed by atoms with Crippen LogP contribution in [0.4, 0.5) is 0 Å². The molecule has 0 radical (unpaired) electrons. The van der Waals surface area contributed by atoms with Crippen molar-refractivity contribution in [2.24, 2.45) is 0 Å². The number of aryl methyl sites for hydroxylation is 1. The molecular formula is C13H16N2. The molecule has 0 spiro atoms. The Bertz CT molecular complexity index is 342. The molecule has 15 heavy (non-hydrogen) atoms. The van der Waals surface area contributed by atoms with Gasteiger partial charge in [0.25, 0.3) is 0 Å². The highest BCUT2D eigenvalue weighted by atomic mass is 14.9. The summed E-state index contributed by atoms with van der Waals surface area (Å²) in [4.78, 5) is 0. The summed E-state index contributed by atoms with van der Waals surface area (Å²) in [6.45, 7) is 1.18. The summed E-state index contributed by atoms with van der Waals surface area (Å²) in [5.74, 6) is 0. The first-order valence-corrected chi connectivity index (χ1v) is 5.61. The molecule has 1 heterocycles. The number of nitrogens with zero attached hydrogens (tertiary/aromatic N) is 1. The minimum atomic E-state index is 0.709. The van der Waals surface area contributed by atoms with Crippen LogP contribution in [0.25, 0.3) is 0 Å². The van der Waals surface area contributed by atoms with E-state index in [1.54, 1.807) is 0 Å². The smallest absolute Gasteiger partial charge is 0.0991 e. The summed E-state index contributed by atoms with van der Waals surface area (Å²) in [6, 6.07) is 10.8. The molecule has 2 nitrogen and oxygen atoms in total.